The van der Waals surface area contributed by atoms with E-state index in [1.54, 1.807) is 44.2 Å². The van der Waals surface area contributed by atoms with Crippen molar-refractivity contribution in [1.29, 1.82) is 0 Å². The third kappa shape index (κ3) is 4.08. The van der Waals surface area contributed by atoms with Crippen LogP contribution in [-0.2, 0) is 22.0 Å². The molecule has 0 amide bonds. The molecular weight excluding hydrogens is 492 g/mol. The number of rotatable bonds is 5. The zero-order valence-electron chi connectivity index (χ0n) is 19.9. The van der Waals surface area contributed by atoms with Crippen LogP contribution in [0.5, 0.6) is 0 Å². The van der Waals surface area contributed by atoms with Gasteiger partial charge in [0.25, 0.3) is 0 Å². The first kappa shape index (κ1) is 24.8. The number of hydrogen-bond donors (Lipinski definition) is 2. The molecule has 3 aromatic rings. The summed E-state index contributed by atoms with van der Waals surface area (Å²) in [6.45, 7) is 2.98. The van der Waals surface area contributed by atoms with Crippen LogP contribution in [-0.4, -0.2) is 39.7 Å². The highest BCUT2D eigenvalue weighted by Crippen LogP contribution is 2.54. The molecule has 0 spiro atoms. The zero-order valence-corrected chi connectivity index (χ0v) is 20.7. The maximum atomic E-state index is 15.5. The second-order valence-electron chi connectivity index (χ2n) is 10.2. The summed E-state index contributed by atoms with van der Waals surface area (Å²) < 4.78 is 64.2. The zero-order chi connectivity index (χ0) is 25.9. The number of hydrogen-bond acceptors (Lipinski definition) is 6. The summed E-state index contributed by atoms with van der Waals surface area (Å²) in [6, 6.07) is 10.5. The molecule has 0 bridgehead atoms. The fourth-order valence-electron chi connectivity index (χ4n) is 5.74. The van der Waals surface area contributed by atoms with Crippen LogP contribution in [0.15, 0.2) is 51.7 Å². The van der Waals surface area contributed by atoms with Crippen molar-refractivity contribution in [3.05, 3.63) is 87.2 Å². The molecule has 11 heteroatoms. The first-order valence-electron chi connectivity index (χ1n) is 11.8. The lowest BCUT2D eigenvalue weighted by molar-refractivity contribution is -0.0705. The third-order valence-electron chi connectivity index (χ3n) is 7.39. The summed E-state index contributed by atoms with van der Waals surface area (Å²) in [6.07, 6.45) is 0.966. The van der Waals surface area contributed by atoms with Crippen LogP contribution >= 0.6 is 0 Å². The van der Waals surface area contributed by atoms with Crippen molar-refractivity contribution in [2.45, 2.75) is 68.4 Å². The Morgan fingerprint density at radius 3 is 2.47 bits per heavy atom. The molecule has 1 saturated heterocycles. The molecule has 2 aliphatic rings. The van der Waals surface area contributed by atoms with Crippen LogP contribution in [0.1, 0.15) is 67.4 Å². The number of benzene rings is 2. The average Bonchev–Trinajstić information content (AvgIpc) is 3.23. The van der Waals surface area contributed by atoms with Crippen molar-refractivity contribution >= 4 is 10.0 Å². The fourth-order valence-corrected chi connectivity index (χ4v) is 7.92. The number of aliphatic hydroxyl groups is 1. The summed E-state index contributed by atoms with van der Waals surface area (Å²) in [4.78, 5) is 11.5. The van der Waals surface area contributed by atoms with Gasteiger partial charge in [-0.2, -0.15) is 4.31 Å². The molecule has 5 rings (SSSR count). The quantitative estimate of drug-likeness (QED) is 0.533. The Labute approximate surface area is 207 Å². The Bertz CT molecular complexity index is 1440. The lowest BCUT2D eigenvalue weighted by atomic mass is 9.56. The van der Waals surface area contributed by atoms with Gasteiger partial charge in [0.2, 0.25) is 15.9 Å². The van der Waals surface area contributed by atoms with Crippen LogP contribution in [0.25, 0.3) is 0 Å². The number of sulfonamides is 1. The highest BCUT2D eigenvalue weighted by atomic mass is 32.2. The second kappa shape index (κ2) is 8.60. The van der Waals surface area contributed by atoms with Gasteiger partial charge in [-0.1, -0.05) is 30.3 Å². The Morgan fingerprint density at radius 1 is 1.17 bits per heavy atom. The van der Waals surface area contributed by atoms with E-state index >= 15 is 8.78 Å². The summed E-state index contributed by atoms with van der Waals surface area (Å²) in [5, 5.41) is 15.5. The van der Waals surface area contributed by atoms with Crippen LogP contribution in [0, 0.1) is 11.6 Å². The normalized spacial score (nSPS) is 30.1. The largest absolute Gasteiger partial charge is 0.434 e. The van der Waals surface area contributed by atoms with Crippen molar-refractivity contribution in [3.8, 4) is 0 Å². The molecule has 0 radical (unpaired) electrons. The van der Waals surface area contributed by atoms with Gasteiger partial charge in [-0.05, 0) is 57.2 Å². The first-order chi connectivity index (χ1) is 16.9. The topological polar surface area (TPSA) is 116 Å². The summed E-state index contributed by atoms with van der Waals surface area (Å²) in [5.41, 5.74) is -2.05. The van der Waals surface area contributed by atoms with Crippen molar-refractivity contribution in [2.24, 2.45) is 0 Å². The van der Waals surface area contributed by atoms with E-state index in [1.165, 1.54) is 4.31 Å². The van der Waals surface area contributed by atoms with Crippen molar-refractivity contribution in [1.82, 2.24) is 14.5 Å². The van der Waals surface area contributed by atoms with E-state index < -0.39 is 43.7 Å². The highest BCUT2D eigenvalue weighted by Gasteiger charge is 2.58. The molecule has 1 aliphatic carbocycles. The van der Waals surface area contributed by atoms with Crippen molar-refractivity contribution < 1.29 is 26.7 Å². The maximum absolute atomic E-state index is 15.5. The maximum Gasteiger partial charge on any atom is 0.434 e. The van der Waals surface area contributed by atoms with Gasteiger partial charge in [0, 0.05) is 23.7 Å². The monoisotopic (exact) mass is 519 g/mol. The van der Waals surface area contributed by atoms with Crippen molar-refractivity contribution in [2.75, 3.05) is 0 Å². The molecule has 1 saturated carbocycles. The fraction of sp³-hybridized carbons (Fsp3) is 0.440. The molecule has 2 N–H and O–H groups in total. The Kier molecular flexibility index (Phi) is 5.92. The lowest BCUT2D eigenvalue weighted by Crippen LogP contribution is -2.54. The molecular formula is C25H27F2N3O5S. The predicted molar refractivity (Wildman–Crippen MR) is 126 cm³/mol. The molecule has 1 aromatic heterocycles. The minimum Gasteiger partial charge on any atom is -0.391 e. The van der Waals surface area contributed by atoms with E-state index in [0.717, 1.165) is 12.1 Å². The second-order valence-corrected chi connectivity index (χ2v) is 12.3. The minimum absolute atomic E-state index is 0.0280. The molecule has 2 fully saturated rings. The highest BCUT2D eigenvalue weighted by molar-refractivity contribution is 7.89. The van der Waals surface area contributed by atoms with Gasteiger partial charge in [-0.15, -0.1) is 5.10 Å². The SMILES string of the molecule is C[C@H]1CC[C@H](c2ccccc2)S(=O)(=O)N1Cc1cc(F)c([C@]2(c3n[nH]c(=O)o3)C[C@@](C)(O)C2)cc1F. The number of halogens is 2. The van der Waals surface area contributed by atoms with E-state index in [2.05, 4.69) is 10.2 Å². The molecule has 36 heavy (non-hydrogen) atoms. The standard InChI is InChI=1S/C25H27F2N3O5S/c1-15-8-9-21(16-6-4-3-5-7-16)36(33,34)30(15)12-17-10-20(27)18(11-19(17)26)25(13-24(2,32)14-25)22-28-29-23(31)35-22/h3-7,10-11,15,21,32H,8-9,12-14H2,1-2H3,(H,29,31)/t15-,21+,24-,25+/m0/s1. The number of H-pyrrole nitrogens is 1. The van der Waals surface area contributed by atoms with E-state index in [-0.39, 0.29) is 42.4 Å². The molecule has 2 aromatic carbocycles. The molecule has 2 atom stereocenters. The van der Waals surface area contributed by atoms with Gasteiger partial charge in [0.15, 0.2) is 0 Å². The molecule has 0 unspecified atom stereocenters. The molecule has 8 nitrogen and oxygen atoms in total. The van der Waals surface area contributed by atoms with Gasteiger partial charge in [0.1, 0.15) is 16.9 Å². The number of aromatic nitrogens is 2. The summed E-state index contributed by atoms with van der Waals surface area (Å²) in [7, 11) is -3.83. The van der Waals surface area contributed by atoms with Crippen LogP contribution in [0.3, 0.4) is 0 Å². The third-order valence-corrected chi connectivity index (χ3v) is 9.76. The van der Waals surface area contributed by atoms with Gasteiger partial charge < -0.3 is 9.52 Å². The molecule has 192 valence electrons. The lowest BCUT2D eigenvalue weighted by Gasteiger charge is -2.49. The Hall–Kier alpha value is -2.89. The van der Waals surface area contributed by atoms with E-state index in [4.69, 9.17) is 4.42 Å². The van der Waals surface area contributed by atoms with Gasteiger partial charge >= 0.3 is 5.76 Å². The molecule has 1 aliphatic heterocycles. The van der Waals surface area contributed by atoms with E-state index in [1.807, 2.05) is 0 Å². The van der Waals surface area contributed by atoms with E-state index in [0.29, 0.717) is 18.4 Å². The van der Waals surface area contributed by atoms with Gasteiger partial charge in [-0.3, -0.25) is 0 Å². The van der Waals surface area contributed by atoms with Crippen LogP contribution in [0.2, 0.25) is 0 Å². The first-order valence-corrected chi connectivity index (χ1v) is 13.3. The number of aromatic amines is 1. The summed E-state index contributed by atoms with van der Waals surface area (Å²) >= 11 is 0. The van der Waals surface area contributed by atoms with E-state index in [9.17, 15) is 18.3 Å². The van der Waals surface area contributed by atoms with Crippen LogP contribution < -0.4 is 5.76 Å². The average molecular weight is 520 g/mol. The van der Waals surface area contributed by atoms with Crippen LogP contribution in [0.4, 0.5) is 8.78 Å². The Morgan fingerprint density at radius 2 is 1.86 bits per heavy atom. The van der Waals surface area contributed by atoms with Crippen molar-refractivity contribution in [3.63, 3.8) is 0 Å². The Balaban J connectivity index is 1.49. The summed E-state index contributed by atoms with van der Waals surface area (Å²) in [5.74, 6) is -2.57. The smallest absolute Gasteiger partial charge is 0.391 e. The number of nitrogens with one attached hydrogen (secondary N) is 1. The van der Waals surface area contributed by atoms with Gasteiger partial charge in [0.05, 0.1) is 11.0 Å². The van der Waals surface area contributed by atoms with Gasteiger partial charge in [-0.25, -0.2) is 27.1 Å². The number of nitrogens with zero attached hydrogens (tertiary/aromatic N) is 2. The molecule has 2 heterocycles. The predicted octanol–water partition coefficient (Wildman–Crippen LogP) is 3.53. The minimum atomic E-state index is -3.83.